The van der Waals surface area contributed by atoms with Gasteiger partial charge in [0.15, 0.2) is 0 Å². The van der Waals surface area contributed by atoms with Crippen LogP contribution in [0.5, 0.6) is 0 Å². The molecule has 102 valence electrons. The van der Waals surface area contributed by atoms with Crippen molar-refractivity contribution in [3.05, 3.63) is 0 Å². The Labute approximate surface area is 104 Å². The predicted octanol–water partition coefficient (Wildman–Crippen LogP) is 2.37. The summed E-state index contributed by atoms with van der Waals surface area (Å²) in [5, 5.41) is 0. The minimum absolute atomic E-state index is 0.587. The van der Waals surface area contributed by atoms with Crippen LogP contribution in [-0.2, 0) is 18.1 Å². The minimum atomic E-state index is -3.21. The molecule has 6 heteroatoms. The van der Waals surface area contributed by atoms with Crippen molar-refractivity contribution in [1.29, 1.82) is 0 Å². The monoisotopic (exact) mass is 265 g/mol. The molecule has 0 aromatic heterocycles. The Morgan fingerprint density at radius 2 is 1.24 bits per heavy atom. The van der Waals surface area contributed by atoms with Crippen LogP contribution in [0, 0.1) is 0 Å². The standard InChI is InChI=1S/C11H24NO4P/c1-3-5-12(6-4-2)11-17(13-7-8-14-17)15-9-10-16-17/h3-11H2,1-2H3. The van der Waals surface area contributed by atoms with Crippen LogP contribution < -0.4 is 0 Å². The maximum absolute atomic E-state index is 5.83. The zero-order valence-electron chi connectivity index (χ0n) is 10.9. The average molecular weight is 265 g/mol. The van der Waals surface area contributed by atoms with Crippen molar-refractivity contribution in [3.63, 3.8) is 0 Å². The first-order chi connectivity index (χ1) is 8.22. The molecule has 0 bridgehead atoms. The molecule has 0 N–H and O–H groups in total. The molecule has 2 fully saturated rings. The summed E-state index contributed by atoms with van der Waals surface area (Å²) >= 11 is 0. The molecule has 2 rings (SSSR count). The molecule has 0 unspecified atom stereocenters. The van der Waals surface area contributed by atoms with Gasteiger partial charge in [0.2, 0.25) is 0 Å². The molecule has 0 saturated carbocycles. The van der Waals surface area contributed by atoms with E-state index in [-0.39, 0.29) is 0 Å². The second-order valence-corrected chi connectivity index (χ2v) is 7.80. The van der Waals surface area contributed by atoms with Gasteiger partial charge >= 0.3 is 103 Å². The van der Waals surface area contributed by atoms with Crippen LogP contribution in [0.3, 0.4) is 0 Å². The predicted molar refractivity (Wildman–Crippen MR) is 67.8 cm³/mol. The van der Waals surface area contributed by atoms with Crippen LogP contribution in [-0.4, -0.2) is 50.7 Å². The van der Waals surface area contributed by atoms with Gasteiger partial charge in [-0.2, -0.15) is 0 Å². The molecular weight excluding hydrogens is 241 g/mol. The first-order valence-electron chi connectivity index (χ1n) is 6.56. The van der Waals surface area contributed by atoms with E-state index in [1.54, 1.807) is 0 Å². The summed E-state index contributed by atoms with van der Waals surface area (Å²) in [6, 6.07) is 0. The van der Waals surface area contributed by atoms with Gasteiger partial charge in [-0.05, 0) is 0 Å². The van der Waals surface area contributed by atoms with E-state index in [1.165, 1.54) is 0 Å². The molecule has 0 amide bonds. The molecule has 1 spiro atoms. The van der Waals surface area contributed by atoms with E-state index < -0.39 is 7.51 Å². The van der Waals surface area contributed by atoms with Crippen LogP contribution in [0.15, 0.2) is 0 Å². The fourth-order valence-corrected chi connectivity index (χ4v) is 5.87. The summed E-state index contributed by atoms with van der Waals surface area (Å²) in [5.41, 5.74) is 0. The van der Waals surface area contributed by atoms with Gasteiger partial charge in [-0.1, -0.05) is 0 Å². The fraction of sp³-hybridized carbons (Fsp3) is 1.00. The normalized spacial score (nSPS) is 28.5. The van der Waals surface area contributed by atoms with E-state index >= 15 is 0 Å². The topological polar surface area (TPSA) is 40.2 Å². The van der Waals surface area contributed by atoms with E-state index in [1.807, 2.05) is 0 Å². The summed E-state index contributed by atoms with van der Waals surface area (Å²) in [7, 11) is -3.21. The second-order valence-electron chi connectivity index (χ2n) is 4.56. The Morgan fingerprint density at radius 1 is 0.824 bits per heavy atom. The Balaban J connectivity index is 2.06. The molecule has 0 aromatic rings. The average Bonchev–Trinajstić information content (AvgIpc) is 2.90. The van der Waals surface area contributed by atoms with E-state index in [0.717, 1.165) is 25.9 Å². The molecule has 2 saturated heterocycles. The van der Waals surface area contributed by atoms with Crippen molar-refractivity contribution >= 4 is 7.51 Å². The Hall–Kier alpha value is 0.230. The van der Waals surface area contributed by atoms with E-state index in [9.17, 15) is 0 Å². The first-order valence-corrected chi connectivity index (χ1v) is 8.66. The summed E-state index contributed by atoms with van der Waals surface area (Å²) in [4.78, 5) is 2.34. The molecule has 2 aliphatic heterocycles. The van der Waals surface area contributed by atoms with Crippen molar-refractivity contribution in [2.75, 3.05) is 45.8 Å². The van der Waals surface area contributed by atoms with E-state index in [0.29, 0.717) is 32.7 Å². The van der Waals surface area contributed by atoms with Crippen molar-refractivity contribution in [2.24, 2.45) is 0 Å². The van der Waals surface area contributed by atoms with Gasteiger partial charge in [0.1, 0.15) is 0 Å². The summed E-state index contributed by atoms with van der Waals surface area (Å²) in [6.07, 6.45) is 2.90. The fourth-order valence-electron chi connectivity index (χ4n) is 2.45. The first kappa shape index (κ1) is 13.7. The van der Waals surface area contributed by atoms with Crippen molar-refractivity contribution in [1.82, 2.24) is 4.90 Å². The summed E-state index contributed by atoms with van der Waals surface area (Å²) in [5.74, 6) is 0. The van der Waals surface area contributed by atoms with E-state index in [2.05, 4.69) is 18.7 Å². The third-order valence-electron chi connectivity index (χ3n) is 3.04. The molecule has 17 heavy (non-hydrogen) atoms. The zero-order chi connectivity index (χ0) is 12.2. The molecule has 2 heterocycles. The van der Waals surface area contributed by atoms with Gasteiger partial charge < -0.3 is 0 Å². The van der Waals surface area contributed by atoms with Crippen LogP contribution in [0.4, 0.5) is 0 Å². The van der Waals surface area contributed by atoms with E-state index in [4.69, 9.17) is 18.1 Å². The number of nitrogens with zero attached hydrogens (tertiary/aromatic N) is 1. The number of hydrogen-bond acceptors (Lipinski definition) is 5. The van der Waals surface area contributed by atoms with Gasteiger partial charge in [0.05, 0.1) is 0 Å². The van der Waals surface area contributed by atoms with Crippen LogP contribution in [0.1, 0.15) is 26.7 Å². The van der Waals surface area contributed by atoms with Gasteiger partial charge in [0.25, 0.3) is 0 Å². The van der Waals surface area contributed by atoms with Crippen LogP contribution in [0.2, 0.25) is 0 Å². The van der Waals surface area contributed by atoms with Crippen molar-refractivity contribution in [3.8, 4) is 0 Å². The van der Waals surface area contributed by atoms with Crippen LogP contribution >= 0.6 is 7.51 Å². The van der Waals surface area contributed by atoms with Crippen molar-refractivity contribution < 1.29 is 18.1 Å². The van der Waals surface area contributed by atoms with Gasteiger partial charge in [-0.25, -0.2) is 0 Å². The molecular formula is C11H24NO4P. The quantitative estimate of drug-likeness (QED) is 0.689. The summed E-state index contributed by atoms with van der Waals surface area (Å²) in [6.45, 7) is 8.78. The Morgan fingerprint density at radius 3 is 1.59 bits per heavy atom. The second kappa shape index (κ2) is 5.47. The Kier molecular flexibility index (Phi) is 4.40. The SMILES string of the molecule is CCCN(CCC)CP12(OCCO1)OCCO2. The van der Waals surface area contributed by atoms with Crippen molar-refractivity contribution in [2.45, 2.75) is 26.7 Å². The maximum atomic E-state index is 5.83. The third-order valence-corrected chi connectivity index (χ3v) is 6.63. The van der Waals surface area contributed by atoms with Gasteiger partial charge in [-0.3, -0.25) is 0 Å². The molecule has 0 aliphatic carbocycles. The molecule has 2 aliphatic rings. The molecule has 0 radical (unpaired) electrons. The molecule has 0 atom stereocenters. The third kappa shape index (κ3) is 2.80. The van der Waals surface area contributed by atoms with Gasteiger partial charge in [-0.15, -0.1) is 0 Å². The number of hydrogen-bond donors (Lipinski definition) is 0. The van der Waals surface area contributed by atoms with Gasteiger partial charge in [0, 0.05) is 0 Å². The van der Waals surface area contributed by atoms with Crippen LogP contribution in [0.25, 0.3) is 0 Å². The molecule has 5 nitrogen and oxygen atoms in total. The molecule has 0 aromatic carbocycles. The number of rotatable bonds is 6. The Bertz CT molecular complexity index is 222. The zero-order valence-corrected chi connectivity index (χ0v) is 11.8. The summed E-state index contributed by atoms with van der Waals surface area (Å²) < 4.78 is 23.3.